The van der Waals surface area contributed by atoms with E-state index in [1.165, 1.54) is 6.07 Å². The average molecular weight is 388 g/mol. The molecule has 0 fully saturated rings. The Labute approximate surface area is 145 Å². The molecule has 2 rings (SSSR count). The van der Waals surface area contributed by atoms with Crippen LogP contribution in [0.15, 0.2) is 15.5 Å². The van der Waals surface area contributed by atoms with Crippen molar-refractivity contribution in [2.75, 3.05) is 12.0 Å². The number of fused-ring (bicyclic) bond motifs is 1. The highest BCUT2D eigenvalue weighted by molar-refractivity contribution is 9.10. The van der Waals surface area contributed by atoms with E-state index in [0.29, 0.717) is 0 Å². The number of aromatic nitrogens is 3. The monoisotopic (exact) mass is 387 g/mol. The topological polar surface area (TPSA) is 97.5 Å². The molecule has 0 amide bonds. The molecule has 0 aliphatic heterocycles. The summed E-state index contributed by atoms with van der Waals surface area (Å²) in [5, 5.41) is 14.2. The molecule has 0 radical (unpaired) electrons. The van der Waals surface area contributed by atoms with Crippen LogP contribution in [0.2, 0.25) is 0 Å². The second-order valence-electron chi connectivity index (χ2n) is 5.68. The number of carbonyl (C=O) groups is 1. The van der Waals surface area contributed by atoms with Crippen LogP contribution in [0.4, 0.5) is 5.82 Å². The van der Waals surface area contributed by atoms with Crippen molar-refractivity contribution in [3.05, 3.63) is 26.7 Å². The Hall–Kier alpha value is -2.00. The van der Waals surface area contributed by atoms with E-state index in [4.69, 9.17) is 4.11 Å². The van der Waals surface area contributed by atoms with Crippen molar-refractivity contribution in [2.45, 2.75) is 32.9 Å². The molecule has 124 valence electrons. The van der Waals surface area contributed by atoms with Crippen LogP contribution in [0.25, 0.3) is 10.8 Å². The van der Waals surface area contributed by atoms with Crippen LogP contribution in [0, 0.1) is 0 Å². The van der Waals surface area contributed by atoms with E-state index >= 15 is 0 Å². The first-order valence-electron chi connectivity index (χ1n) is 8.06. The number of anilines is 1. The maximum atomic E-state index is 13.0. The number of nitrogens with zero attached hydrogens (tertiary/aromatic N) is 4. The van der Waals surface area contributed by atoms with Gasteiger partial charge in [-0.1, -0.05) is 0 Å². The minimum Gasteiger partial charge on any atom is -0.390 e. The van der Waals surface area contributed by atoms with Crippen molar-refractivity contribution in [2.24, 2.45) is 0 Å². The molecule has 0 saturated carbocycles. The van der Waals surface area contributed by atoms with Gasteiger partial charge in [-0.25, -0.2) is 9.67 Å². The molecule has 23 heavy (non-hydrogen) atoms. The predicted octanol–water partition coefficient (Wildman–Crippen LogP) is 1.33. The Morgan fingerprint density at radius 1 is 1.57 bits per heavy atom. The third-order valence-corrected chi connectivity index (χ3v) is 3.44. The molecular weight excluding hydrogens is 368 g/mol. The molecule has 0 aliphatic rings. The minimum absolute atomic E-state index is 0.0722. The zero-order valence-corrected chi connectivity index (χ0v) is 14.3. The SMILES string of the molecule is [2H]C([2H])([2H])N(OC=O)c1nc(Br)cc2c(CO)nn(C(C)(C)C)c(=O)c12. The van der Waals surface area contributed by atoms with Gasteiger partial charge in [0.25, 0.3) is 5.56 Å². The molecule has 9 heteroatoms. The fourth-order valence-corrected chi connectivity index (χ4v) is 2.47. The largest absolute Gasteiger partial charge is 0.390 e. The van der Waals surface area contributed by atoms with Crippen molar-refractivity contribution in [1.82, 2.24) is 14.8 Å². The van der Waals surface area contributed by atoms with Crippen molar-refractivity contribution in [1.29, 1.82) is 0 Å². The summed E-state index contributed by atoms with van der Waals surface area (Å²) < 4.78 is 24.0. The standard InChI is InChI=1S/C14H17BrN4O4/c1-14(2,3)19-13(22)11-8(9(6-20)17-19)5-10(15)16-12(11)18(4)23-7-21/h5,7,20H,6H2,1-4H3/i4D3. The van der Waals surface area contributed by atoms with Gasteiger partial charge < -0.3 is 9.94 Å². The molecule has 0 aromatic carbocycles. The minimum atomic E-state index is -2.91. The number of carbonyl (C=O) groups excluding carboxylic acids is 1. The lowest BCUT2D eigenvalue weighted by atomic mass is 10.1. The van der Waals surface area contributed by atoms with Crippen molar-refractivity contribution in [3.8, 4) is 0 Å². The second kappa shape index (κ2) is 6.25. The fourth-order valence-electron chi connectivity index (χ4n) is 2.08. The van der Waals surface area contributed by atoms with Gasteiger partial charge >= 0.3 is 6.47 Å². The summed E-state index contributed by atoms with van der Waals surface area (Å²) in [4.78, 5) is 32.4. The molecule has 0 bridgehead atoms. The van der Waals surface area contributed by atoms with E-state index in [-0.39, 0.29) is 38.4 Å². The molecule has 2 aromatic rings. The summed E-state index contributed by atoms with van der Waals surface area (Å²) in [5.74, 6) is -0.387. The quantitative estimate of drug-likeness (QED) is 0.479. The summed E-state index contributed by atoms with van der Waals surface area (Å²) in [7, 11) is 0. The van der Waals surface area contributed by atoms with Crippen LogP contribution in [-0.4, -0.2) is 33.3 Å². The first-order valence-corrected chi connectivity index (χ1v) is 7.35. The normalized spacial score (nSPS) is 14.0. The average Bonchev–Trinajstić information content (AvgIpc) is 2.49. The van der Waals surface area contributed by atoms with Gasteiger partial charge in [-0.15, -0.1) is 0 Å². The molecule has 0 aliphatic carbocycles. The highest BCUT2D eigenvalue weighted by atomic mass is 79.9. The highest BCUT2D eigenvalue weighted by Crippen LogP contribution is 2.27. The van der Waals surface area contributed by atoms with E-state index in [1.807, 2.05) is 0 Å². The zero-order chi connectivity index (χ0) is 19.9. The van der Waals surface area contributed by atoms with Crippen LogP contribution in [0.5, 0.6) is 0 Å². The van der Waals surface area contributed by atoms with Crippen LogP contribution < -0.4 is 10.6 Å². The Bertz CT molecular complexity index is 908. The lowest BCUT2D eigenvalue weighted by molar-refractivity contribution is -0.129. The predicted molar refractivity (Wildman–Crippen MR) is 88.0 cm³/mol. The second-order valence-corrected chi connectivity index (χ2v) is 6.49. The van der Waals surface area contributed by atoms with Crippen molar-refractivity contribution < 1.29 is 18.9 Å². The number of rotatable bonds is 4. The molecule has 1 N–H and O–H groups in total. The Kier molecular flexibility index (Phi) is 3.65. The first kappa shape index (κ1) is 13.4. The summed E-state index contributed by atoms with van der Waals surface area (Å²) in [6.45, 7) is 1.70. The van der Waals surface area contributed by atoms with E-state index in [0.717, 1.165) is 4.68 Å². The van der Waals surface area contributed by atoms with E-state index in [1.54, 1.807) is 20.8 Å². The van der Waals surface area contributed by atoms with Gasteiger partial charge in [0.2, 0.25) is 0 Å². The maximum absolute atomic E-state index is 13.0. The Morgan fingerprint density at radius 2 is 2.26 bits per heavy atom. The molecular formula is C14H17BrN4O4. The summed E-state index contributed by atoms with van der Waals surface area (Å²) in [6.07, 6.45) is 0. The molecule has 0 spiro atoms. The Morgan fingerprint density at radius 3 is 2.78 bits per heavy atom. The molecule has 0 unspecified atom stereocenters. The van der Waals surface area contributed by atoms with Gasteiger partial charge in [0.1, 0.15) is 4.60 Å². The fraction of sp³-hybridized carbons (Fsp3) is 0.429. The third-order valence-electron chi connectivity index (χ3n) is 3.03. The number of aliphatic hydroxyl groups is 1. The van der Waals surface area contributed by atoms with Gasteiger partial charge in [0, 0.05) is 16.5 Å². The maximum Gasteiger partial charge on any atom is 0.320 e. The summed E-state index contributed by atoms with van der Waals surface area (Å²) in [6, 6.07) is 1.43. The molecule has 8 nitrogen and oxygen atoms in total. The Balaban J connectivity index is 3.04. The highest BCUT2D eigenvalue weighted by Gasteiger charge is 2.24. The number of hydroxylamine groups is 1. The van der Waals surface area contributed by atoms with E-state index in [2.05, 4.69) is 30.9 Å². The molecule has 2 aromatic heterocycles. The van der Waals surface area contributed by atoms with Crippen molar-refractivity contribution >= 4 is 39.0 Å². The van der Waals surface area contributed by atoms with Crippen molar-refractivity contribution in [3.63, 3.8) is 0 Å². The summed E-state index contributed by atoms with van der Waals surface area (Å²) >= 11 is 3.13. The lowest BCUT2D eigenvalue weighted by Crippen LogP contribution is -2.37. The summed E-state index contributed by atoms with van der Waals surface area (Å²) in [5.41, 5.74) is -1.24. The number of hydrogen-bond donors (Lipinski definition) is 1. The van der Waals surface area contributed by atoms with Gasteiger partial charge in [0.15, 0.2) is 5.82 Å². The van der Waals surface area contributed by atoms with Crippen LogP contribution in [0.3, 0.4) is 0 Å². The number of pyridine rings is 1. The van der Waals surface area contributed by atoms with E-state index in [9.17, 15) is 14.7 Å². The molecule has 0 saturated heterocycles. The van der Waals surface area contributed by atoms with E-state index < -0.39 is 24.7 Å². The lowest BCUT2D eigenvalue weighted by Gasteiger charge is -2.23. The van der Waals surface area contributed by atoms with Gasteiger partial charge in [0.05, 0.1) is 23.2 Å². The first-order chi connectivity index (χ1) is 11.9. The number of halogens is 1. The number of aliphatic hydroxyl groups excluding tert-OH is 1. The smallest absolute Gasteiger partial charge is 0.320 e. The van der Waals surface area contributed by atoms with Gasteiger partial charge in [-0.3, -0.25) is 9.59 Å². The van der Waals surface area contributed by atoms with Gasteiger partial charge in [-0.2, -0.15) is 10.2 Å². The van der Waals surface area contributed by atoms with Crippen LogP contribution in [0.1, 0.15) is 30.6 Å². The van der Waals surface area contributed by atoms with Crippen LogP contribution in [-0.2, 0) is 21.8 Å². The van der Waals surface area contributed by atoms with Crippen LogP contribution >= 0.6 is 15.9 Å². The zero-order valence-electron chi connectivity index (χ0n) is 15.7. The van der Waals surface area contributed by atoms with Gasteiger partial charge in [-0.05, 0) is 42.8 Å². The molecule has 0 atom stereocenters. The number of hydrogen-bond acceptors (Lipinski definition) is 7. The molecule has 2 heterocycles. The third kappa shape index (κ3) is 3.20.